The maximum absolute atomic E-state index is 9.46. The number of halogens is 1. The van der Waals surface area contributed by atoms with Gasteiger partial charge in [-0.15, -0.1) is 10.2 Å². The predicted molar refractivity (Wildman–Crippen MR) is 75.1 cm³/mol. The molecule has 1 unspecified atom stereocenters. The van der Waals surface area contributed by atoms with E-state index in [1.807, 2.05) is 18.2 Å². The highest BCUT2D eigenvalue weighted by molar-refractivity contribution is 6.76. The highest BCUT2D eigenvalue weighted by Gasteiger charge is 2.34. The van der Waals surface area contributed by atoms with Crippen LogP contribution >= 0.6 is 0 Å². The fourth-order valence-corrected chi connectivity index (χ4v) is 5.21. The minimum absolute atomic E-state index is 0.0667. The summed E-state index contributed by atoms with van der Waals surface area (Å²) >= 11 is 0. The summed E-state index contributed by atoms with van der Waals surface area (Å²) in [6, 6.07) is 12.5. The van der Waals surface area contributed by atoms with Crippen molar-refractivity contribution in [1.82, 2.24) is 0 Å². The summed E-state index contributed by atoms with van der Waals surface area (Å²) in [6.45, 7) is 7.06. The molecular weight excluding hydrogens is 324 g/mol. The molecule has 0 radical (unpaired) electrons. The van der Waals surface area contributed by atoms with Crippen LogP contribution in [-0.2, 0) is 0 Å². The smallest absolute Gasteiger partial charge is 0.201 e. The van der Waals surface area contributed by atoms with E-state index < -0.39 is 18.3 Å². The second-order valence-electron chi connectivity index (χ2n) is 6.82. The van der Waals surface area contributed by atoms with E-state index in [0.29, 0.717) is 0 Å². The molecule has 1 aromatic rings. The molecule has 0 spiro atoms. The predicted octanol–water partition coefficient (Wildman–Crippen LogP) is -1.55. The molecule has 22 heavy (non-hydrogen) atoms. The Morgan fingerprint density at radius 1 is 1.09 bits per heavy atom. The first-order valence-corrected chi connectivity index (χ1v) is 11.6. The van der Waals surface area contributed by atoms with E-state index in [1.165, 1.54) is 0 Å². The van der Waals surface area contributed by atoms with Crippen molar-refractivity contribution < 1.29 is 33.4 Å². The number of rotatable bonds is 4. The molecule has 0 heterocycles. The molecular formula is C14H23ClN2O4Si. The lowest BCUT2D eigenvalue weighted by atomic mass is 10.1. The Morgan fingerprint density at radius 3 is 1.82 bits per heavy atom. The van der Waals surface area contributed by atoms with Crippen LogP contribution < -0.4 is 18.6 Å². The van der Waals surface area contributed by atoms with Gasteiger partial charge in [0, 0.05) is 5.56 Å². The van der Waals surface area contributed by atoms with Crippen LogP contribution in [0, 0.1) is 21.6 Å². The third-order valence-electron chi connectivity index (χ3n) is 2.82. The van der Waals surface area contributed by atoms with Gasteiger partial charge < -0.3 is 4.48 Å². The van der Waals surface area contributed by atoms with E-state index >= 15 is 0 Å². The largest absolute Gasteiger partial charge is 0.314 e. The van der Waals surface area contributed by atoms with Gasteiger partial charge in [0.2, 0.25) is 6.04 Å². The van der Waals surface area contributed by atoms with Crippen LogP contribution in [0.5, 0.6) is 0 Å². The maximum atomic E-state index is 9.46. The molecule has 0 bridgehead atoms. The first kappa shape index (κ1) is 21.0. The zero-order chi connectivity index (χ0) is 17.6. The van der Waals surface area contributed by atoms with Crippen LogP contribution in [0.25, 0.3) is 0 Å². The molecule has 0 aliphatic heterocycles. The summed E-state index contributed by atoms with van der Waals surface area (Å²) < 4.78 is 34.7. The molecule has 1 rings (SSSR count). The standard InChI is InChI=1S/C14H23N2Si.ClHO4/c1-16(2,12-17(3,4)5)14(11-15)13-9-7-6-8-10-13;2-1(3,4)5/h6-10,14H,12H2,1-5H3;(H,2,3,4,5)/q+1;/p-1. The molecule has 124 valence electrons. The third kappa shape index (κ3) is 9.86. The van der Waals surface area contributed by atoms with Crippen molar-refractivity contribution in [1.29, 1.82) is 5.26 Å². The normalized spacial score (nSPS) is 13.6. The lowest BCUT2D eigenvalue weighted by Gasteiger charge is -2.38. The summed E-state index contributed by atoms with van der Waals surface area (Å²) in [7, 11) is -1.80. The molecule has 0 aliphatic carbocycles. The first-order valence-electron chi connectivity index (χ1n) is 6.65. The summed E-state index contributed by atoms with van der Waals surface area (Å²) in [5.74, 6) is 0. The molecule has 0 N–H and O–H groups in total. The molecule has 0 saturated heterocycles. The summed E-state index contributed by atoms with van der Waals surface area (Å²) in [5.41, 5.74) is 1.12. The van der Waals surface area contributed by atoms with Gasteiger partial charge in [0.05, 0.1) is 20.3 Å². The molecule has 0 fully saturated rings. The topological polar surface area (TPSA) is 116 Å². The number of hydrogen-bond donors (Lipinski definition) is 0. The second-order valence-corrected chi connectivity index (χ2v) is 13.0. The molecule has 8 heteroatoms. The Bertz CT molecular complexity index is 486. The molecule has 0 amide bonds. The van der Waals surface area contributed by atoms with Crippen molar-refractivity contribution in [3.05, 3.63) is 35.9 Å². The van der Waals surface area contributed by atoms with Gasteiger partial charge in [-0.2, -0.15) is 5.26 Å². The molecule has 0 saturated carbocycles. The number of nitriles is 1. The van der Waals surface area contributed by atoms with Gasteiger partial charge in [0.1, 0.15) is 14.1 Å². The second kappa shape index (κ2) is 8.03. The zero-order valence-corrected chi connectivity index (χ0v) is 15.3. The minimum atomic E-state index is -4.94. The molecule has 1 aromatic carbocycles. The van der Waals surface area contributed by atoms with E-state index in [2.05, 4.69) is 51.9 Å². The van der Waals surface area contributed by atoms with Crippen LogP contribution in [0.15, 0.2) is 30.3 Å². The zero-order valence-electron chi connectivity index (χ0n) is 13.6. The summed E-state index contributed by atoms with van der Waals surface area (Å²) in [5, 5.41) is 9.46. The number of nitrogens with zero attached hydrogens (tertiary/aromatic N) is 2. The van der Waals surface area contributed by atoms with Gasteiger partial charge in [-0.3, -0.25) is 0 Å². The molecule has 0 aromatic heterocycles. The Hall–Kier alpha value is -0.983. The fourth-order valence-electron chi connectivity index (χ4n) is 2.58. The van der Waals surface area contributed by atoms with Gasteiger partial charge in [0.25, 0.3) is 0 Å². The van der Waals surface area contributed by atoms with Gasteiger partial charge in [-0.25, -0.2) is 18.6 Å². The molecule has 6 nitrogen and oxygen atoms in total. The van der Waals surface area contributed by atoms with Crippen LogP contribution in [-0.4, -0.2) is 32.8 Å². The average molecular weight is 347 g/mol. The Morgan fingerprint density at radius 2 is 1.50 bits per heavy atom. The van der Waals surface area contributed by atoms with E-state index in [1.54, 1.807) is 0 Å². The van der Waals surface area contributed by atoms with Crippen molar-refractivity contribution in [2.45, 2.75) is 25.7 Å². The average Bonchev–Trinajstić information content (AvgIpc) is 2.25. The van der Waals surface area contributed by atoms with Gasteiger partial charge >= 0.3 is 0 Å². The molecule has 1 atom stereocenters. The lowest BCUT2D eigenvalue weighted by molar-refractivity contribution is -2.00. The fraction of sp³-hybridized carbons (Fsp3) is 0.500. The molecule has 0 aliphatic rings. The SMILES string of the molecule is C[N+](C)(C[Si](C)(C)C)C(C#N)c1ccccc1.[O-][Cl+3]([O-])([O-])[O-]. The Labute approximate surface area is 135 Å². The van der Waals surface area contributed by atoms with E-state index in [4.69, 9.17) is 18.6 Å². The highest BCUT2D eigenvalue weighted by Crippen LogP contribution is 2.26. The Kier molecular flexibility index (Phi) is 7.68. The first-order chi connectivity index (χ1) is 9.76. The van der Waals surface area contributed by atoms with Crippen LogP contribution in [0.1, 0.15) is 11.6 Å². The Balaban J connectivity index is 0.000000763. The van der Waals surface area contributed by atoms with Crippen molar-refractivity contribution in [3.8, 4) is 6.07 Å². The van der Waals surface area contributed by atoms with Crippen LogP contribution in [0.4, 0.5) is 0 Å². The van der Waals surface area contributed by atoms with Crippen molar-refractivity contribution >= 4 is 8.07 Å². The van der Waals surface area contributed by atoms with Crippen molar-refractivity contribution in [3.63, 3.8) is 0 Å². The number of benzene rings is 1. The van der Waals surface area contributed by atoms with Gasteiger partial charge in [0.15, 0.2) is 0 Å². The van der Waals surface area contributed by atoms with Crippen LogP contribution in [0.3, 0.4) is 0 Å². The quantitative estimate of drug-likeness (QED) is 0.483. The monoisotopic (exact) mass is 346 g/mol. The highest BCUT2D eigenvalue weighted by atomic mass is 35.7. The van der Waals surface area contributed by atoms with Crippen LogP contribution in [0.2, 0.25) is 19.6 Å². The van der Waals surface area contributed by atoms with Crippen molar-refractivity contribution in [2.24, 2.45) is 0 Å². The van der Waals surface area contributed by atoms with E-state index in [9.17, 15) is 5.26 Å². The summed E-state index contributed by atoms with van der Waals surface area (Å²) in [6.07, 6.45) is 1.11. The van der Waals surface area contributed by atoms with E-state index in [-0.39, 0.29) is 6.04 Å². The number of quaternary nitrogens is 1. The maximum Gasteiger partial charge on any atom is 0.201 e. The van der Waals surface area contributed by atoms with E-state index in [0.717, 1.165) is 16.2 Å². The lowest BCUT2D eigenvalue weighted by Crippen LogP contribution is -2.68. The summed E-state index contributed by atoms with van der Waals surface area (Å²) in [4.78, 5) is 0. The minimum Gasteiger partial charge on any atom is -0.314 e. The van der Waals surface area contributed by atoms with Gasteiger partial charge in [-0.1, -0.05) is 50.0 Å². The third-order valence-corrected chi connectivity index (χ3v) is 4.58. The van der Waals surface area contributed by atoms with Crippen molar-refractivity contribution in [2.75, 3.05) is 20.3 Å². The number of hydrogen-bond acceptors (Lipinski definition) is 5. The van der Waals surface area contributed by atoms with Gasteiger partial charge in [-0.05, 0) is 0 Å².